The van der Waals surface area contributed by atoms with E-state index in [0.717, 1.165) is 39.3 Å². The summed E-state index contributed by atoms with van der Waals surface area (Å²) in [6, 6.07) is 16.6. The van der Waals surface area contributed by atoms with E-state index in [1.807, 2.05) is 50.2 Å². The molecule has 1 aliphatic rings. The van der Waals surface area contributed by atoms with E-state index in [-0.39, 0.29) is 4.91 Å². The van der Waals surface area contributed by atoms with Crippen LogP contribution in [0.5, 0.6) is 5.75 Å². The highest BCUT2D eigenvalue weighted by Gasteiger charge is 2.36. The normalized spacial score (nSPS) is 14.7. The lowest BCUT2D eigenvalue weighted by atomic mass is 10.2. The molecule has 3 aromatic rings. The molecule has 2 aromatic carbocycles. The summed E-state index contributed by atoms with van der Waals surface area (Å²) in [4.78, 5) is 39.1. The van der Waals surface area contributed by atoms with Gasteiger partial charge in [-0.3, -0.25) is 19.3 Å². The van der Waals surface area contributed by atoms with Crippen molar-refractivity contribution in [3.8, 4) is 11.4 Å². The minimum Gasteiger partial charge on any atom is -0.495 e. The number of carbonyl (C=O) groups excluding carboxylic acids is 3. The van der Waals surface area contributed by atoms with E-state index in [4.69, 9.17) is 16.3 Å². The monoisotopic (exact) mass is 495 g/mol. The van der Waals surface area contributed by atoms with Crippen LogP contribution in [0, 0.1) is 13.8 Å². The second-order valence-electron chi connectivity index (χ2n) is 7.66. The summed E-state index contributed by atoms with van der Waals surface area (Å²) >= 11 is 6.91. The molecular weight excluding hydrogens is 474 g/mol. The lowest BCUT2D eigenvalue weighted by Crippen LogP contribution is -2.36. The van der Waals surface area contributed by atoms with E-state index in [1.54, 1.807) is 18.2 Å². The molecule has 0 aliphatic carbocycles. The third-order valence-corrected chi connectivity index (χ3v) is 6.58. The lowest BCUT2D eigenvalue weighted by molar-refractivity contribution is -0.127. The van der Waals surface area contributed by atoms with E-state index in [9.17, 15) is 14.4 Å². The Morgan fingerprint density at radius 3 is 2.53 bits per heavy atom. The molecule has 7 nitrogen and oxygen atoms in total. The maximum absolute atomic E-state index is 12.9. The summed E-state index contributed by atoms with van der Waals surface area (Å²) in [7, 11) is 1.49. The van der Waals surface area contributed by atoms with Crippen LogP contribution in [0.3, 0.4) is 0 Å². The predicted molar refractivity (Wildman–Crippen MR) is 135 cm³/mol. The predicted octanol–water partition coefficient (Wildman–Crippen LogP) is 5.43. The minimum absolute atomic E-state index is 0.276. The van der Waals surface area contributed by atoms with Gasteiger partial charge in [0.1, 0.15) is 12.3 Å². The number of imide groups is 1. The zero-order valence-electron chi connectivity index (χ0n) is 18.8. The van der Waals surface area contributed by atoms with Crippen molar-refractivity contribution >= 4 is 52.2 Å². The van der Waals surface area contributed by atoms with Gasteiger partial charge in [-0.15, -0.1) is 0 Å². The maximum atomic E-state index is 12.9. The number of halogens is 1. The van der Waals surface area contributed by atoms with Crippen LogP contribution >= 0.6 is 23.4 Å². The quantitative estimate of drug-likeness (QED) is 0.461. The summed E-state index contributed by atoms with van der Waals surface area (Å²) in [6.07, 6.45) is 1.70. The van der Waals surface area contributed by atoms with Crippen molar-refractivity contribution in [2.24, 2.45) is 0 Å². The van der Waals surface area contributed by atoms with Gasteiger partial charge >= 0.3 is 0 Å². The Labute approximate surface area is 206 Å². The van der Waals surface area contributed by atoms with E-state index in [0.29, 0.717) is 16.5 Å². The number of anilines is 1. The number of benzene rings is 2. The first kappa shape index (κ1) is 23.7. The molecule has 9 heteroatoms. The molecule has 1 N–H and O–H groups in total. The molecule has 4 rings (SSSR count). The standard InChI is InChI=1S/C25H22ClN3O4S/c1-15-11-17(16(2)29(15)19-7-5-4-6-8-19)12-22-24(31)28(25(32)34-22)14-23(30)27-18-9-10-21(33-3)20(26)13-18/h4-13H,14H2,1-3H3,(H,27,30)/b22-12+. The number of amides is 3. The molecular formula is C25H22ClN3O4S. The van der Waals surface area contributed by atoms with Crippen LogP contribution < -0.4 is 10.1 Å². The SMILES string of the molecule is COc1ccc(NC(=O)CN2C(=O)S/C(=C/c3cc(C)n(-c4ccccc4)c3C)C2=O)cc1Cl. The van der Waals surface area contributed by atoms with Gasteiger partial charge in [0.15, 0.2) is 0 Å². The van der Waals surface area contributed by atoms with Crippen molar-refractivity contribution < 1.29 is 19.1 Å². The van der Waals surface area contributed by atoms with E-state index in [1.165, 1.54) is 13.2 Å². The number of hydrogen-bond donors (Lipinski definition) is 1. The minimum atomic E-state index is -0.507. The fraction of sp³-hybridized carbons (Fsp3) is 0.160. The van der Waals surface area contributed by atoms with Gasteiger partial charge in [-0.2, -0.15) is 0 Å². The first-order chi connectivity index (χ1) is 16.3. The Hall–Kier alpha value is -3.49. The van der Waals surface area contributed by atoms with Gasteiger partial charge in [0.2, 0.25) is 5.91 Å². The number of carbonyl (C=O) groups is 3. The summed E-state index contributed by atoms with van der Waals surface area (Å²) in [5, 5.41) is 2.49. The van der Waals surface area contributed by atoms with Crippen molar-refractivity contribution in [1.29, 1.82) is 0 Å². The lowest BCUT2D eigenvalue weighted by Gasteiger charge is -2.13. The summed E-state index contributed by atoms with van der Waals surface area (Å²) < 4.78 is 7.18. The van der Waals surface area contributed by atoms with Crippen LogP contribution in [0.2, 0.25) is 5.02 Å². The fourth-order valence-corrected chi connectivity index (χ4v) is 4.86. The van der Waals surface area contributed by atoms with Crippen LogP contribution in [0.25, 0.3) is 11.8 Å². The molecule has 0 atom stereocenters. The molecule has 0 bridgehead atoms. The number of aryl methyl sites for hydroxylation is 1. The van der Waals surface area contributed by atoms with Crippen LogP contribution in [-0.4, -0.2) is 40.2 Å². The number of para-hydroxylation sites is 1. The van der Waals surface area contributed by atoms with Crippen LogP contribution in [0.4, 0.5) is 10.5 Å². The number of thioether (sulfide) groups is 1. The molecule has 1 aromatic heterocycles. The highest BCUT2D eigenvalue weighted by molar-refractivity contribution is 8.18. The van der Waals surface area contributed by atoms with Crippen molar-refractivity contribution in [2.75, 3.05) is 19.0 Å². The molecule has 34 heavy (non-hydrogen) atoms. The van der Waals surface area contributed by atoms with E-state index >= 15 is 0 Å². The molecule has 174 valence electrons. The highest BCUT2D eigenvalue weighted by Crippen LogP contribution is 2.34. The molecule has 1 fully saturated rings. The number of methoxy groups -OCH3 is 1. The topological polar surface area (TPSA) is 80.6 Å². The third kappa shape index (κ3) is 4.73. The Bertz CT molecular complexity index is 1320. The molecule has 1 aliphatic heterocycles. The fourth-order valence-electron chi connectivity index (χ4n) is 3.77. The van der Waals surface area contributed by atoms with Crippen molar-refractivity contribution in [1.82, 2.24) is 9.47 Å². The number of hydrogen-bond acceptors (Lipinski definition) is 5. The Kier molecular flexibility index (Phi) is 6.81. The van der Waals surface area contributed by atoms with Crippen LogP contribution in [0.1, 0.15) is 17.0 Å². The van der Waals surface area contributed by atoms with Gasteiger partial charge < -0.3 is 14.6 Å². The first-order valence-corrected chi connectivity index (χ1v) is 11.6. The van der Waals surface area contributed by atoms with Gasteiger partial charge in [-0.25, -0.2) is 0 Å². The van der Waals surface area contributed by atoms with Crippen LogP contribution in [-0.2, 0) is 9.59 Å². The molecule has 0 unspecified atom stereocenters. The zero-order chi connectivity index (χ0) is 24.4. The molecule has 0 saturated carbocycles. The Morgan fingerprint density at radius 1 is 1.12 bits per heavy atom. The van der Waals surface area contributed by atoms with Gasteiger partial charge in [0.05, 0.1) is 17.0 Å². The molecule has 0 spiro atoms. The van der Waals surface area contributed by atoms with Gasteiger partial charge in [-0.05, 0) is 73.6 Å². The van der Waals surface area contributed by atoms with Gasteiger partial charge in [0, 0.05) is 22.8 Å². The van der Waals surface area contributed by atoms with Crippen molar-refractivity contribution in [2.45, 2.75) is 13.8 Å². The third-order valence-electron chi connectivity index (χ3n) is 5.38. The number of nitrogens with one attached hydrogen (secondary N) is 1. The molecule has 1 saturated heterocycles. The largest absolute Gasteiger partial charge is 0.495 e. The Balaban J connectivity index is 1.50. The number of aromatic nitrogens is 1. The number of rotatable bonds is 6. The molecule has 0 radical (unpaired) electrons. The summed E-state index contributed by atoms with van der Waals surface area (Å²) in [5.41, 5.74) is 4.24. The highest BCUT2D eigenvalue weighted by atomic mass is 35.5. The first-order valence-electron chi connectivity index (χ1n) is 10.4. The smallest absolute Gasteiger partial charge is 0.294 e. The number of nitrogens with zero attached hydrogens (tertiary/aromatic N) is 2. The van der Waals surface area contributed by atoms with Crippen LogP contribution in [0.15, 0.2) is 59.5 Å². The summed E-state index contributed by atoms with van der Waals surface area (Å²) in [5.74, 6) is -0.531. The maximum Gasteiger partial charge on any atom is 0.294 e. The van der Waals surface area contributed by atoms with Crippen molar-refractivity contribution in [3.63, 3.8) is 0 Å². The average molecular weight is 496 g/mol. The second kappa shape index (κ2) is 9.79. The molecule has 3 amide bonds. The van der Waals surface area contributed by atoms with E-state index < -0.39 is 23.6 Å². The molecule has 2 heterocycles. The summed E-state index contributed by atoms with van der Waals surface area (Å²) in [6.45, 7) is 3.55. The van der Waals surface area contributed by atoms with Gasteiger partial charge in [0.25, 0.3) is 11.1 Å². The van der Waals surface area contributed by atoms with Gasteiger partial charge in [-0.1, -0.05) is 29.8 Å². The average Bonchev–Trinajstić information content (AvgIpc) is 3.23. The number of ether oxygens (including phenoxy) is 1. The second-order valence-corrected chi connectivity index (χ2v) is 9.06. The Morgan fingerprint density at radius 2 is 1.85 bits per heavy atom. The zero-order valence-corrected chi connectivity index (χ0v) is 20.4. The van der Waals surface area contributed by atoms with E-state index in [2.05, 4.69) is 9.88 Å². The van der Waals surface area contributed by atoms with Crippen molar-refractivity contribution in [3.05, 3.63) is 81.5 Å².